The molecule has 1 aromatic carbocycles. The highest BCUT2D eigenvalue weighted by Gasteiger charge is 2.13. The number of hydrogen-bond donors (Lipinski definition) is 2. The number of nitrogens with zero attached hydrogens (tertiary/aromatic N) is 3. The Morgan fingerprint density at radius 1 is 1.19 bits per heavy atom. The van der Waals surface area contributed by atoms with Crippen molar-refractivity contribution in [2.75, 3.05) is 13.6 Å². The molecule has 2 N–H and O–H groups in total. The van der Waals surface area contributed by atoms with Crippen LogP contribution in [0, 0.1) is 13.8 Å². The van der Waals surface area contributed by atoms with Gasteiger partial charge in [-0.15, -0.1) is 0 Å². The Balaban J connectivity index is 1.82. The predicted octanol–water partition coefficient (Wildman–Crippen LogP) is 2.94. The summed E-state index contributed by atoms with van der Waals surface area (Å²) in [5.41, 5.74) is 6.39. The van der Waals surface area contributed by atoms with Crippen LogP contribution in [0.25, 0.3) is 0 Å². The highest BCUT2D eigenvalue weighted by Crippen LogP contribution is 2.14. The summed E-state index contributed by atoms with van der Waals surface area (Å²) in [4.78, 5) is 4.35. The fourth-order valence-electron chi connectivity index (χ4n) is 3.17. The van der Waals surface area contributed by atoms with Gasteiger partial charge in [0.2, 0.25) is 0 Å². The molecule has 0 aliphatic heterocycles. The van der Waals surface area contributed by atoms with Crippen molar-refractivity contribution in [1.82, 2.24) is 20.4 Å². The Bertz CT molecular complexity index is 728. The van der Waals surface area contributed by atoms with Crippen molar-refractivity contribution >= 4 is 5.96 Å². The minimum absolute atomic E-state index is 0.284. The van der Waals surface area contributed by atoms with Gasteiger partial charge < -0.3 is 10.6 Å². The maximum atomic E-state index is 4.50. The summed E-state index contributed by atoms with van der Waals surface area (Å²) in [5, 5.41) is 11.4. The van der Waals surface area contributed by atoms with E-state index in [1.165, 1.54) is 22.4 Å². The first-order valence-electron chi connectivity index (χ1n) is 9.48. The van der Waals surface area contributed by atoms with Crippen LogP contribution in [0.15, 0.2) is 29.3 Å². The number of rotatable bonds is 7. The van der Waals surface area contributed by atoms with Crippen molar-refractivity contribution in [1.29, 1.82) is 0 Å². The van der Waals surface area contributed by atoms with Gasteiger partial charge in [0, 0.05) is 32.4 Å². The molecule has 0 aliphatic rings. The molecule has 1 aromatic heterocycles. The maximum Gasteiger partial charge on any atom is 0.191 e. The van der Waals surface area contributed by atoms with E-state index in [1.807, 2.05) is 18.8 Å². The second-order valence-corrected chi connectivity index (χ2v) is 6.94. The van der Waals surface area contributed by atoms with Crippen LogP contribution in [-0.4, -0.2) is 35.4 Å². The maximum absolute atomic E-state index is 4.50. The lowest BCUT2D eigenvalue weighted by Gasteiger charge is -2.18. The van der Waals surface area contributed by atoms with E-state index in [-0.39, 0.29) is 6.04 Å². The third-order valence-corrected chi connectivity index (χ3v) is 4.91. The number of aliphatic imine (C=N–C) groups is 1. The molecule has 1 unspecified atom stereocenters. The second kappa shape index (κ2) is 9.41. The van der Waals surface area contributed by atoms with Crippen molar-refractivity contribution in [3.8, 4) is 0 Å². The zero-order chi connectivity index (χ0) is 19.1. The van der Waals surface area contributed by atoms with Crippen molar-refractivity contribution in [3.05, 3.63) is 52.3 Å². The average Bonchev–Trinajstić information content (AvgIpc) is 2.87. The van der Waals surface area contributed by atoms with Gasteiger partial charge in [-0.25, -0.2) is 0 Å². The topological polar surface area (TPSA) is 54.2 Å². The van der Waals surface area contributed by atoms with Crippen LogP contribution in [0.4, 0.5) is 0 Å². The summed E-state index contributed by atoms with van der Waals surface area (Å²) in [6.45, 7) is 9.43. The van der Waals surface area contributed by atoms with Crippen LogP contribution < -0.4 is 10.6 Å². The zero-order valence-corrected chi connectivity index (χ0v) is 17.1. The zero-order valence-electron chi connectivity index (χ0n) is 17.1. The summed E-state index contributed by atoms with van der Waals surface area (Å²) < 4.78 is 1.95. The van der Waals surface area contributed by atoms with E-state index in [9.17, 15) is 0 Å². The van der Waals surface area contributed by atoms with E-state index in [1.54, 1.807) is 0 Å². The van der Waals surface area contributed by atoms with Crippen LogP contribution in [0.2, 0.25) is 0 Å². The van der Waals surface area contributed by atoms with Gasteiger partial charge in [0.1, 0.15) is 0 Å². The first-order valence-corrected chi connectivity index (χ1v) is 9.48. The van der Waals surface area contributed by atoms with Gasteiger partial charge in [0.25, 0.3) is 0 Å². The monoisotopic (exact) mass is 355 g/mol. The Hall–Kier alpha value is -2.30. The molecule has 0 radical (unpaired) electrons. The van der Waals surface area contributed by atoms with Crippen LogP contribution in [-0.2, 0) is 26.3 Å². The second-order valence-electron chi connectivity index (χ2n) is 6.94. The SMILES string of the molecule is CCc1ccc(CCNC(=NC)NC(C)Cc2c(C)nn(C)c2C)cc1. The smallest absolute Gasteiger partial charge is 0.191 e. The first-order chi connectivity index (χ1) is 12.4. The molecule has 26 heavy (non-hydrogen) atoms. The lowest BCUT2D eigenvalue weighted by atomic mass is 10.1. The molecule has 5 nitrogen and oxygen atoms in total. The Morgan fingerprint density at radius 3 is 2.38 bits per heavy atom. The van der Waals surface area contributed by atoms with E-state index in [4.69, 9.17) is 0 Å². The predicted molar refractivity (Wildman–Crippen MR) is 110 cm³/mol. The van der Waals surface area contributed by atoms with Crippen LogP contribution in [0.1, 0.15) is 41.9 Å². The normalized spacial score (nSPS) is 12.9. The largest absolute Gasteiger partial charge is 0.356 e. The lowest BCUT2D eigenvalue weighted by Crippen LogP contribution is -2.43. The molecule has 142 valence electrons. The van der Waals surface area contributed by atoms with Gasteiger partial charge in [0.15, 0.2) is 5.96 Å². The number of nitrogens with one attached hydrogen (secondary N) is 2. The van der Waals surface area contributed by atoms with Gasteiger partial charge >= 0.3 is 0 Å². The third-order valence-electron chi connectivity index (χ3n) is 4.91. The van der Waals surface area contributed by atoms with Gasteiger partial charge in [-0.2, -0.15) is 5.10 Å². The van der Waals surface area contributed by atoms with Crippen LogP contribution >= 0.6 is 0 Å². The van der Waals surface area contributed by atoms with Gasteiger partial charge in [-0.1, -0.05) is 31.2 Å². The molecule has 0 fully saturated rings. The fraction of sp³-hybridized carbons (Fsp3) is 0.524. The third kappa shape index (κ3) is 5.35. The molecule has 2 aromatic rings. The van der Waals surface area contributed by atoms with Crippen molar-refractivity contribution in [3.63, 3.8) is 0 Å². The van der Waals surface area contributed by atoms with E-state index >= 15 is 0 Å². The van der Waals surface area contributed by atoms with E-state index in [2.05, 4.69) is 72.7 Å². The highest BCUT2D eigenvalue weighted by molar-refractivity contribution is 5.79. The molecule has 0 spiro atoms. The number of aromatic nitrogens is 2. The number of guanidine groups is 1. The number of hydrogen-bond acceptors (Lipinski definition) is 2. The van der Waals surface area contributed by atoms with Crippen molar-refractivity contribution in [2.24, 2.45) is 12.0 Å². The van der Waals surface area contributed by atoms with E-state index in [0.29, 0.717) is 0 Å². The standard InChI is InChI=1S/C21H33N5/c1-7-18-8-10-19(11-9-18)12-13-23-21(22-5)24-15(2)14-20-16(3)25-26(6)17(20)4/h8-11,15H,7,12-14H2,1-6H3,(H2,22,23,24). The van der Waals surface area contributed by atoms with Gasteiger partial charge in [-0.3, -0.25) is 9.67 Å². The average molecular weight is 356 g/mol. The molecule has 5 heteroatoms. The van der Waals surface area contributed by atoms with Crippen LogP contribution in [0.5, 0.6) is 0 Å². The van der Waals surface area contributed by atoms with Gasteiger partial charge in [-0.05, 0) is 56.7 Å². The number of benzene rings is 1. The molecule has 0 saturated carbocycles. The molecular formula is C21H33N5. The van der Waals surface area contributed by atoms with E-state index in [0.717, 1.165) is 37.5 Å². The molecule has 1 heterocycles. The number of aryl methyl sites for hydroxylation is 3. The molecule has 1 atom stereocenters. The lowest BCUT2D eigenvalue weighted by molar-refractivity contribution is 0.635. The quantitative estimate of drug-likeness (QED) is 0.593. The van der Waals surface area contributed by atoms with Crippen molar-refractivity contribution in [2.45, 2.75) is 53.0 Å². The summed E-state index contributed by atoms with van der Waals surface area (Å²) in [6, 6.07) is 9.14. The Kier molecular flexibility index (Phi) is 7.25. The Labute approximate surface area is 157 Å². The summed E-state index contributed by atoms with van der Waals surface area (Å²) in [7, 11) is 3.82. The molecule has 0 saturated heterocycles. The van der Waals surface area contributed by atoms with E-state index < -0.39 is 0 Å². The highest BCUT2D eigenvalue weighted by atomic mass is 15.3. The Morgan fingerprint density at radius 2 is 1.85 bits per heavy atom. The van der Waals surface area contributed by atoms with Crippen LogP contribution in [0.3, 0.4) is 0 Å². The minimum Gasteiger partial charge on any atom is -0.356 e. The molecule has 0 amide bonds. The van der Waals surface area contributed by atoms with Crippen molar-refractivity contribution < 1.29 is 0 Å². The summed E-state index contributed by atoms with van der Waals surface area (Å²) in [6.07, 6.45) is 3.01. The minimum atomic E-state index is 0.284. The first kappa shape index (κ1) is 20.0. The molecular weight excluding hydrogens is 322 g/mol. The van der Waals surface area contributed by atoms with Gasteiger partial charge in [0.05, 0.1) is 5.69 Å². The summed E-state index contributed by atoms with van der Waals surface area (Å²) >= 11 is 0. The molecule has 0 aliphatic carbocycles. The fourth-order valence-corrected chi connectivity index (χ4v) is 3.17. The molecule has 2 rings (SSSR count). The summed E-state index contributed by atoms with van der Waals surface area (Å²) in [5.74, 6) is 0.849. The molecule has 0 bridgehead atoms.